The third-order valence-electron chi connectivity index (χ3n) is 8.62. The summed E-state index contributed by atoms with van der Waals surface area (Å²) in [6.07, 6.45) is 46.5. The van der Waals surface area contributed by atoms with Gasteiger partial charge < -0.3 is 15.5 Å². The number of hydrogen-bond donors (Lipinski definition) is 3. The number of nitrogens with one attached hydrogen (secondary N) is 1. The number of hydrogen-bond acceptors (Lipinski definition) is 3. The van der Waals surface area contributed by atoms with Gasteiger partial charge >= 0.3 is 0 Å². The molecule has 2 unspecified atom stereocenters. The number of carbonyl (C=O) groups excluding carboxylic acids is 1. The van der Waals surface area contributed by atoms with E-state index in [1.165, 1.54) is 141 Å². The maximum absolute atomic E-state index is 12.3. The van der Waals surface area contributed by atoms with Crippen molar-refractivity contribution >= 4 is 5.91 Å². The number of aliphatic hydroxyl groups is 2. The van der Waals surface area contributed by atoms with Crippen molar-refractivity contribution in [1.82, 2.24) is 5.32 Å². The molecule has 0 spiro atoms. The number of rotatable bonds is 34. The molecule has 0 aliphatic heterocycles. The van der Waals surface area contributed by atoms with E-state index in [0.717, 1.165) is 32.1 Å². The first-order chi connectivity index (χ1) is 21.7. The first kappa shape index (κ1) is 42.6. The van der Waals surface area contributed by atoms with Crippen molar-refractivity contribution in [3.05, 3.63) is 36.5 Å². The number of aliphatic hydroxyl groups excluding tert-OH is 2. The lowest BCUT2D eigenvalue weighted by Crippen LogP contribution is -2.45. The molecule has 44 heavy (non-hydrogen) atoms. The second kappa shape index (κ2) is 36.1. The van der Waals surface area contributed by atoms with Gasteiger partial charge in [0.05, 0.1) is 18.8 Å². The fraction of sp³-hybridized carbons (Fsp3) is 0.825. The number of unbranched alkanes of at least 4 members (excludes halogenated alkanes) is 23. The van der Waals surface area contributed by atoms with E-state index in [1.807, 2.05) is 6.08 Å². The molecule has 0 aromatic heterocycles. The van der Waals surface area contributed by atoms with Crippen LogP contribution in [-0.4, -0.2) is 34.9 Å². The van der Waals surface area contributed by atoms with Crippen LogP contribution in [0.25, 0.3) is 0 Å². The average molecular weight is 618 g/mol. The summed E-state index contributed by atoms with van der Waals surface area (Å²) < 4.78 is 0. The van der Waals surface area contributed by atoms with Crippen LogP contribution < -0.4 is 5.32 Å². The maximum Gasteiger partial charge on any atom is 0.220 e. The third-order valence-corrected chi connectivity index (χ3v) is 8.62. The highest BCUT2D eigenvalue weighted by molar-refractivity contribution is 5.76. The molecule has 2 atom stereocenters. The lowest BCUT2D eigenvalue weighted by Gasteiger charge is -2.20. The summed E-state index contributed by atoms with van der Waals surface area (Å²) in [4.78, 5) is 12.3. The largest absolute Gasteiger partial charge is 0.394 e. The van der Waals surface area contributed by atoms with Crippen molar-refractivity contribution < 1.29 is 15.0 Å². The van der Waals surface area contributed by atoms with Crippen LogP contribution in [-0.2, 0) is 4.79 Å². The molecule has 4 nitrogen and oxygen atoms in total. The summed E-state index contributed by atoms with van der Waals surface area (Å²) >= 11 is 0. The van der Waals surface area contributed by atoms with Gasteiger partial charge in [0, 0.05) is 6.42 Å². The van der Waals surface area contributed by atoms with Gasteiger partial charge in [-0.15, -0.1) is 0 Å². The molecule has 0 fully saturated rings. The van der Waals surface area contributed by atoms with Gasteiger partial charge in [0.1, 0.15) is 0 Å². The van der Waals surface area contributed by atoms with Crippen molar-refractivity contribution in [2.45, 2.75) is 206 Å². The van der Waals surface area contributed by atoms with Crippen LogP contribution in [0.3, 0.4) is 0 Å². The predicted octanol–water partition coefficient (Wildman–Crippen LogP) is 11.5. The molecule has 0 bridgehead atoms. The Kier molecular flexibility index (Phi) is 34.9. The van der Waals surface area contributed by atoms with Crippen LogP contribution in [0, 0.1) is 0 Å². The van der Waals surface area contributed by atoms with Gasteiger partial charge in [0.15, 0.2) is 0 Å². The lowest BCUT2D eigenvalue weighted by atomic mass is 10.0. The quantitative estimate of drug-likeness (QED) is 0.0497. The molecule has 258 valence electrons. The van der Waals surface area contributed by atoms with Crippen molar-refractivity contribution in [1.29, 1.82) is 0 Å². The Morgan fingerprint density at radius 2 is 0.932 bits per heavy atom. The van der Waals surface area contributed by atoms with E-state index in [1.54, 1.807) is 6.08 Å². The Morgan fingerprint density at radius 1 is 0.545 bits per heavy atom. The number of carbonyl (C=O) groups is 1. The normalized spacial score (nSPS) is 13.5. The standard InChI is InChI=1S/C40H75NO3/c1-3-5-7-9-11-13-15-17-18-19-20-21-22-24-26-28-30-32-34-36-40(44)41-38(37-42)39(43)35-33-31-29-27-25-23-16-14-12-10-8-6-4-2/h11,13,17-18,33,35,38-39,42-43H,3-10,12,14-16,19-32,34,36-37H2,1-2H3,(H,41,44)/b13-11-,18-17-,35-33+. The molecule has 0 heterocycles. The third kappa shape index (κ3) is 32.0. The van der Waals surface area contributed by atoms with E-state index in [0.29, 0.717) is 6.42 Å². The summed E-state index contributed by atoms with van der Waals surface area (Å²) in [6, 6.07) is -0.622. The highest BCUT2D eigenvalue weighted by Gasteiger charge is 2.17. The number of allylic oxidation sites excluding steroid dienone is 5. The molecule has 0 rings (SSSR count). The summed E-state index contributed by atoms with van der Waals surface area (Å²) in [5.74, 6) is -0.0705. The van der Waals surface area contributed by atoms with Crippen molar-refractivity contribution in [2.24, 2.45) is 0 Å². The highest BCUT2D eigenvalue weighted by atomic mass is 16.3. The predicted molar refractivity (Wildman–Crippen MR) is 193 cm³/mol. The number of amides is 1. The van der Waals surface area contributed by atoms with Gasteiger partial charge in [-0.2, -0.15) is 0 Å². The van der Waals surface area contributed by atoms with Gasteiger partial charge in [-0.3, -0.25) is 4.79 Å². The van der Waals surface area contributed by atoms with Crippen molar-refractivity contribution in [3.63, 3.8) is 0 Å². The maximum atomic E-state index is 12.3. The summed E-state index contributed by atoms with van der Waals surface area (Å²) in [5.41, 5.74) is 0. The minimum Gasteiger partial charge on any atom is -0.394 e. The molecule has 0 saturated heterocycles. The first-order valence-electron chi connectivity index (χ1n) is 19.2. The molecule has 1 amide bonds. The zero-order valence-electron chi connectivity index (χ0n) is 29.4. The molecule has 0 aliphatic carbocycles. The fourth-order valence-corrected chi connectivity index (χ4v) is 5.62. The molecule has 0 aromatic carbocycles. The Morgan fingerprint density at radius 3 is 1.41 bits per heavy atom. The minimum atomic E-state index is -0.838. The minimum absolute atomic E-state index is 0.0705. The van der Waals surface area contributed by atoms with E-state index in [9.17, 15) is 15.0 Å². The van der Waals surface area contributed by atoms with Crippen molar-refractivity contribution in [2.75, 3.05) is 6.61 Å². The molecule has 0 aliphatic rings. The Labute approximate surface area is 274 Å². The van der Waals surface area contributed by atoms with Gasteiger partial charge in [-0.25, -0.2) is 0 Å². The molecule has 0 aromatic rings. The van der Waals surface area contributed by atoms with Gasteiger partial charge in [-0.05, 0) is 51.4 Å². The summed E-state index contributed by atoms with van der Waals surface area (Å²) in [7, 11) is 0. The van der Waals surface area contributed by atoms with E-state index < -0.39 is 12.1 Å². The summed E-state index contributed by atoms with van der Waals surface area (Å²) in [5, 5.41) is 22.9. The van der Waals surface area contributed by atoms with E-state index in [-0.39, 0.29) is 12.5 Å². The molecular formula is C40H75NO3. The van der Waals surface area contributed by atoms with Crippen LogP contribution in [0.5, 0.6) is 0 Å². The van der Waals surface area contributed by atoms with Crippen LogP contribution >= 0.6 is 0 Å². The monoisotopic (exact) mass is 618 g/mol. The SMILES string of the molecule is CCCCC/C=C\C/C=C\CCCCCCCCCCCC(=O)NC(CO)C(O)/C=C/CCCCCCCCCCCCC. The Balaban J connectivity index is 3.61. The average Bonchev–Trinajstić information content (AvgIpc) is 3.03. The molecular weight excluding hydrogens is 542 g/mol. The van der Waals surface area contributed by atoms with Crippen molar-refractivity contribution in [3.8, 4) is 0 Å². The zero-order valence-corrected chi connectivity index (χ0v) is 29.4. The van der Waals surface area contributed by atoms with Crippen LogP contribution in [0.1, 0.15) is 194 Å². The lowest BCUT2D eigenvalue weighted by molar-refractivity contribution is -0.123. The van der Waals surface area contributed by atoms with Crippen LogP contribution in [0.2, 0.25) is 0 Å². The van der Waals surface area contributed by atoms with Crippen LogP contribution in [0.4, 0.5) is 0 Å². The Hall–Kier alpha value is -1.39. The highest BCUT2D eigenvalue weighted by Crippen LogP contribution is 2.14. The van der Waals surface area contributed by atoms with E-state index in [4.69, 9.17) is 0 Å². The van der Waals surface area contributed by atoms with Gasteiger partial charge in [0.2, 0.25) is 5.91 Å². The summed E-state index contributed by atoms with van der Waals surface area (Å²) in [6.45, 7) is 4.27. The van der Waals surface area contributed by atoms with E-state index >= 15 is 0 Å². The topological polar surface area (TPSA) is 69.6 Å². The smallest absolute Gasteiger partial charge is 0.220 e. The second-order valence-electron chi connectivity index (χ2n) is 13.0. The molecule has 4 heteroatoms. The fourth-order valence-electron chi connectivity index (χ4n) is 5.62. The molecule has 0 radical (unpaired) electrons. The Bertz CT molecular complexity index is 672. The first-order valence-corrected chi connectivity index (χ1v) is 19.2. The van der Waals surface area contributed by atoms with Gasteiger partial charge in [-0.1, -0.05) is 172 Å². The van der Waals surface area contributed by atoms with E-state index in [2.05, 4.69) is 43.5 Å². The second-order valence-corrected chi connectivity index (χ2v) is 13.0. The van der Waals surface area contributed by atoms with Crippen LogP contribution in [0.15, 0.2) is 36.5 Å². The molecule has 0 saturated carbocycles. The molecule has 3 N–H and O–H groups in total. The van der Waals surface area contributed by atoms with Gasteiger partial charge in [0.25, 0.3) is 0 Å². The zero-order chi connectivity index (χ0) is 32.2.